The second kappa shape index (κ2) is 7.73. The molecule has 1 atom stereocenters. The first kappa shape index (κ1) is 16.9. The largest absolute Gasteiger partial charge is 0.481 e. The molecule has 1 amide bonds. The van der Waals surface area contributed by atoms with Gasteiger partial charge in [0.25, 0.3) is 5.91 Å². The first-order chi connectivity index (χ1) is 10.5. The van der Waals surface area contributed by atoms with E-state index in [1.807, 2.05) is 6.92 Å². The van der Waals surface area contributed by atoms with Crippen LogP contribution in [0.3, 0.4) is 0 Å². The highest BCUT2D eigenvalue weighted by atomic mass is 35.5. The zero-order chi connectivity index (χ0) is 16.1. The van der Waals surface area contributed by atoms with E-state index in [2.05, 4.69) is 5.32 Å². The molecule has 2 aromatic rings. The van der Waals surface area contributed by atoms with Crippen LogP contribution in [0.4, 0.5) is 5.69 Å². The van der Waals surface area contributed by atoms with Crippen LogP contribution >= 0.6 is 34.8 Å². The lowest BCUT2D eigenvalue weighted by Gasteiger charge is -2.18. The van der Waals surface area contributed by atoms with Crippen molar-refractivity contribution in [3.05, 3.63) is 57.5 Å². The van der Waals surface area contributed by atoms with Crippen LogP contribution in [0.25, 0.3) is 0 Å². The second-order valence-corrected chi connectivity index (χ2v) is 5.78. The van der Waals surface area contributed by atoms with Crippen LogP contribution in [0, 0.1) is 0 Å². The molecule has 0 heterocycles. The number of ether oxygens (including phenoxy) is 1. The van der Waals surface area contributed by atoms with E-state index in [9.17, 15) is 4.79 Å². The average Bonchev–Trinajstić information content (AvgIpc) is 2.51. The van der Waals surface area contributed by atoms with Crippen LogP contribution in [-0.4, -0.2) is 12.0 Å². The van der Waals surface area contributed by atoms with Crippen molar-refractivity contribution in [2.45, 2.75) is 19.4 Å². The molecule has 0 bridgehead atoms. The van der Waals surface area contributed by atoms with Gasteiger partial charge >= 0.3 is 0 Å². The lowest BCUT2D eigenvalue weighted by Crippen LogP contribution is -2.32. The monoisotopic (exact) mass is 357 g/mol. The van der Waals surface area contributed by atoms with E-state index < -0.39 is 6.10 Å². The molecule has 0 saturated heterocycles. The summed E-state index contributed by atoms with van der Waals surface area (Å²) >= 11 is 17.8. The number of amides is 1. The third-order valence-electron chi connectivity index (χ3n) is 2.96. The number of nitrogens with one attached hydrogen (secondary N) is 1. The SMILES string of the molecule is CC[C@H](Oc1ccc(Cl)cc1)C(=O)Nc1cccc(Cl)c1Cl. The molecule has 2 aromatic carbocycles. The van der Waals surface area contributed by atoms with Crippen LogP contribution < -0.4 is 10.1 Å². The minimum atomic E-state index is -0.642. The van der Waals surface area contributed by atoms with Crippen molar-refractivity contribution >= 4 is 46.4 Å². The maximum absolute atomic E-state index is 12.3. The van der Waals surface area contributed by atoms with Crippen molar-refractivity contribution < 1.29 is 9.53 Å². The Morgan fingerprint density at radius 2 is 1.82 bits per heavy atom. The van der Waals surface area contributed by atoms with Gasteiger partial charge in [-0.05, 0) is 42.8 Å². The van der Waals surface area contributed by atoms with Crippen molar-refractivity contribution in [1.29, 1.82) is 0 Å². The van der Waals surface area contributed by atoms with Crippen LogP contribution in [0.15, 0.2) is 42.5 Å². The fourth-order valence-electron chi connectivity index (χ4n) is 1.81. The Bertz CT molecular complexity index is 659. The quantitative estimate of drug-likeness (QED) is 0.772. The van der Waals surface area contributed by atoms with E-state index >= 15 is 0 Å². The van der Waals surface area contributed by atoms with Crippen LogP contribution in [0.2, 0.25) is 15.1 Å². The summed E-state index contributed by atoms with van der Waals surface area (Å²) in [5.74, 6) is 0.283. The van der Waals surface area contributed by atoms with E-state index in [-0.39, 0.29) is 5.91 Å². The normalized spacial score (nSPS) is 11.8. The van der Waals surface area contributed by atoms with Crippen molar-refractivity contribution in [2.75, 3.05) is 5.32 Å². The smallest absolute Gasteiger partial charge is 0.265 e. The molecule has 6 heteroatoms. The highest BCUT2D eigenvalue weighted by Gasteiger charge is 2.19. The number of benzene rings is 2. The molecule has 22 heavy (non-hydrogen) atoms. The zero-order valence-electron chi connectivity index (χ0n) is 11.8. The summed E-state index contributed by atoms with van der Waals surface area (Å²) in [4.78, 5) is 12.3. The van der Waals surface area contributed by atoms with E-state index in [1.54, 1.807) is 42.5 Å². The van der Waals surface area contributed by atoms with Gasteiger partial charge in [0, 0.05) is 5.02 Å². The summed E-state index contributed by atoms with van der Waals surface area (Å²) in [6.45, 7) is 1.86. The van der Waals surface area contributed by atoms with Crippen LogP contribution in [0.1, 0.15) is 13.3 Å². The van der Waals surface area contributed by atoms with E-state index in [0.717, 1.165) is 0 Å². The van der Waals surface area contributed by atoms with Gasteiger partial charge in [0.2, 0.25) is 0 Å². The van der Waals surface area contributed by atoms with Crippen molar-refractivity contribution in [3.63, 3.8) is 0 Å². The Kier molecular flexibility index (Phi) is 5.95. The predicted molar refractivity (Wildman–Crippen MR) is 91.3 cm³/mol. The van der Waals surface area contributed by atoms with Crippen molar-refractivity contribution in [2.24, 2.45) is 0 Å². The molecule has 0 radical (unpaired) electrons. The zero-order valence-corrected chi connectivity index (χ0v) is 14.0. The van der Waals surface area contributed by atoms with Gasteiger partial charge < -0.3 is 10.1 Å². The molecule has 116 valence electrons. The number of anilines is 1. The Morgan fingerprint density at radius 3 is 2.45 bits per heavy atom. The molecular formula is C16H14Cl3NO2. The van der Waals surface area contributed by atoms with Crippen molar-refractivity contribution in [3.8, 4) is 5.75 Å². The summed E-state index contributed by atoms with van der Waals surface area (Å²) in [6.07, 6.45) is -0.136. The molecule has 1 N–H and O–H groups in total. The van der Waals surface area contributed by atoms with Gasteiger partial charge in [0.1, 0.15) is 5.75 Å². The maximum atomic E-state index is 12.3. The molecule has 0 aliphatic rings. The number of hydrogen-bond acceptors (Lipinski definition) is 2. The third-order valence-corrected chi connectivity index (χ3v) is 4.04. The highest BCUT2D eigenvalue weighted by molar-refractivity contribution is 6.44. The van der Waals surface area contributed by atoms with Gasteiger partial charge in [-0.1, -0.05) is 47.8 Å². The average molecular weight is 359 g/mol. The standard InChI is InChI=1S/C16H14Cl3NO2/c1-2-14(22-11-8-6-10(17)7-9-11)16(21)20-13-5-3-4-12(18)15(13)19/h3-9,14H,2H2,1H3,(H,20,21)/t14-/m0/s1. The second-order valence-electron chi connectivity index (χ2n) is 4.56. The van der Waals surface area contributed by atoms with Crippen molar-refractivity contribution in [1.82, 2.24) is 0 Å². The summed E-state index contributed by atoms with van der Waals surface area (Å²) in [5, 5.41) is 4.02. The molecule has 0 aromatic heterocycles. The maximum Gasteiger partial charge on any atom is 0.265 e. The fraction of sp³-hybridized carbons (Fsp3) is 0.188. The Balaban J connectivity index is 2.08. The minimum absolute atomic E-state index is 0.290. The van der Waals surface area contributed by atoms with E-state index in [4.69, 9.17) is 39.5 Å². The van der Waals surface area contributed by atoms with Crippen LogP contribution in [0.5, 0.6) is 5.75 Å². The van der Waals surface area contributed by atoms with E-state index in [1.165, 1.54) is 0 Å². The number of rotatable bonds is 5. The lowest BCUT2D eigenvalue weighted by atomic mass is 10.2. The Labute approximate surface area is 144 Å². The van der Waals surface area contributed by atoms with Gasteiger partial charge in [-0.2, -0.15) is 0 Å². The Hall–Kier alpha value is -1.42. The molecule has 0 aliphatic heterocycles. The lowest BCUT2D eigenvalue weighted by molar-refractivity contribution is -0.122. The molecular weight excluding hydrogens is 345 g/mol. The molecule has 2 rings (SSSR count). The summed E-state index contributed by atoms with van der Waals surface area (Å²) in [7, 11) is 0. The third kappa shape index (κ3) is 4.29. The molecule has 0 spiro atoms. The molecule has 0 fully saturated rings. The number of carbonyl (C=O) groups is 1. The summed E-state index contributed by atoms with van der Waals surface area (Å²) < 4.78 is 5.68. The first-order valence-electron chi connectivity index (χ1n) is 6.68. The van der Waals surface area contributed by atoms with Crippen LogP contribution in [-0.2, 0) is 4.79 Å². The number of carbonyl (C=O) groups excluding carboxylic acids is 1. The predicted octanol–water partition coefficient (Wildman–Crippen LogP) is 5.44. The minimum Gasteiger partial charge on any atom is -0.481 e. The number of halogens is 3. The fourth-order valence-corrected chi connectivity index (χ4v) is 2.29. The number of hydrogen-bond donors (Lipinski definition) is 1. The van der Waals surface area contributed by atoms with E-state index in [0.29, 0.717) is 32.9 Å². The summed E-state index contributed by atoms with van der Waals surface area (Å²) in [6, 6.07) is 11.9. The summed E-state index contributed by atoms with van der Waals surface area (Å²) in [5.41, 5.74) is 0.456. The topological polar surface area (TPSA) is 38.3 Å². The molecule has 0 aliphatic carbocycles. The Morgan fingerprint density at radius 1 is 1.14 bits per heavy atom. The molecule has 0 unspecified atom stereocenters. The highest BCUT2D eigenvalue weighted by Crippen LogP contribution is 2.29. The van der Waals surface area contributed by atoms with Gasteiger partial charge in [-0.3, -0.25) is 4.79 Å². The molecule has 0 saturated carbocycles. The molecule has 3 nitrogen and oxygen atoms in total. The van der Waals surface area contributed by atoms with Gasteiger partial charge in [-0.15, -0.1) is 0 Å². The van der Waals surface area contributed by atoms with Gasteiger partial charge in [-0.25, -0.2) is 0 Å². The van der Waals surface area contributed by atoms with Gasteiger partial charge in [0.05, 0.1) is 15.7 Å². The first-order valence-corrected chi connectivity index (χ1v) is 7.81. The van der Waals surface area contributed by atoms with Gasteiger partial charge in [0.15, 0.2) is 6.10 Å².